The average Bonchev–Trinajstić information content (AvgIpc) is 2.71. The summed E-state index contributed by atoms with van der Waals surface area (Å²) < 4.78 is 0. The molecular formula is C10H40Nb2O10. The maximum absolute atomic E-state index is 7.00. The van der Waals surface area contributed by atoms with Crippen molar-refractivity contribution in [3.8, 4) is 0 Å². The Morgan fingerprint density at radius 2 is 0.182 bits per heavy atom. The summed E-state index contributed by atoms with van der Waals surface area (Å²) in [4.78, 5) is 0. The second-order valence-corrected chi connectivity index (χ2v) is 0. The molecule has 0 aromatic carbocycles. The number of rotatable bonds is 0. The Bertz CT molecular complexity index is 29.7. The van der Waals surface area contributed by atoms with Gasteiger partial charge >= 0.3 is 0 Å². The average molecular weight is 506 g/mol. The van der Waals surface area contributed by atoms with E-state index in [0.717, 1.165) is 71.1 Å². The van der Waals surface area contributed by atoms with Crippen molar-refractivity contribution in [3.63, 3.8) is 0 Å². The molecule has 0 aromatic heterocycles. The van der Waals surface area contributed by atoms with E-state index in [4.69, 9.17) is 51.1 Å². The summed E-state index contributed by atoms with van der Waals surface area (Å²) in [6.45, 7) is 0. The molecule has 0 aliphatic carbocycles. The van der Waals surface area contributed by atoms with Gasteiger partial charge in [-0.1, -0.05) is 0 Å². The maximum atomic E-state index is 7.00. The number of aliphatic hydroxyl groups is 10. The predicted molar refractivity (Wildman–Crippen MR) is 81.4 cm³/mol. The summed E-state index contributed by atoms with van der Waals surface area (Å²) in [6, 6.07) is 0. The van der Waals surface area contributed by atoms with Gasteiger partial charge in [-0.25, -0.2) is 0 Å². The predicted octanol–water partition coefficient (Wildman–Crippen LogP) is -3.92. The molecule has 0 bridgehead atoms. The van der Waals surface area contributed by atoms with Gasteiger partial charge in [0.05, 0.1) is 0 Å². The van der Waals surface area contributed by atoms with Crippen LogP contribution >= 0.6 is 0 Å². The molecule has 0 saturated carbocycles. The Kier molecular flexibility index (Phi) is 35000. The third kappa shape index (κ3) is 7280. The van der Waals surface area contributed by atoms with Crippen molar-refractivity contribution in [1.82, 2.24) is 0 Å². The molecule has 0 aromatic rings. The van der Waals surface area contributed by atoms with Crippen LogP contribution in [-0.4, -0.2) is 122 Å². The molecule has 0 rings (SSSR count). The molecule has 22 heavy (non-hydrogen) atoms. The van der Waals surface area contributed by atoms with E-state index >= 15 is 0 Å². The molecule has 0 aliphatic rings. The summed E-state index contributed by atoms with van der Waals surface area (Å²) in [7, 11) is 10.0. The third-order valence-electron chi connectivity index (χ3n) is 0. The van der Waals surface area contributed by atoms with Gasteiger partial charge in [0.25, 0.3) is 0 Å². The van der Waals surface area contributed by atoms with Crippen molar-refractivity contribution in [3.05, 3.63) is 0 Å². The van der Waals surface area contributed by atoms with Gasteiger partial charge < -0.3 is 51.1 Å². The largest absolute Gasteiger partial charge is 0.400 e. The first-order chi connectivity index (χ1) is 10.0. The zero-order chi connectivity index (χ0) is 20.0. The number of aliphatic hydroxyl groups excluding tert-OH is 10. The molecule has 10 N–H and O–H groups in total. The summed E-state index contributed by atoms with van der Waals surface area (Å²) in [5, 5.41) is 70.0. The molecule has 0 saturated heterocycles. The molecule has 0 atom stereocenters. The molecule has 0 unspecified atom stereocenters. The first-order valence-electron chi connectivity index (χ1n) is 4.47. The maximum Gasteiger partial charge on any atom is 0.0319 e. The van der Waals surface area contributed by atoms with Crippen LogP contribution in [0.2, 0.25) is 0 Å². The summed E-state index contributed by atoms with van der Waals surface area (Å²) in [6.07, 6.45) is 0. The molecule has 0 aliphatic heterocycles. The minimum Gasteiger partial charge on any atom is -0.400 e. The Hall–Kier alpha value is 1.08. The van der Waals surface area contributed by atoms with Crippen LogP contribution in [0.25, 0.3) is 0 Å². The molecule has 10 nitrogen and oxygen atoms in total. The van der Waals surface area contributed by atoms with Gasteiger partial charge in [0.1, 0.15) is 0 Å². The fourth-order valence-corrected chi connectivity index (χ4v) is 0. The molecule has 0 spiro atoms. The van der Waals surface area contributed by atoms with Gasteiger partial charge in [0, 0.05) is 116 Å². The SMILES string of the molecule is CO.CO.CO.CO.CO.CO.CO.CO.CO.CO.[Nb].[Nb]. The molecular weight excluding hydrogens is 466 g/mol. The van der Waals surface area contributed by atoms with E-state index in [1.807, 2.05) is 0 Å². The van der Waals surface area contributed by atoms with Crippen molar-refractivity contribution in [1.29, 1.82) is 0 Å². The van der Waals surface area contributed by atoms with Crippen LogP contribution in [0.5, 0.6) is 0 Å². The van der Waals surface area contributed by atoms with Crippen LogP contribution < -0.4 is 0 Å². The smallest absolute Gasteiger partial charge is 0.0319 e. The van der Waals surface area contributed by atoms with Crippen LogP contribution in [0.1, 0.15) is 0 Å². The Morgan fingerprint density at radius 3 is 0.182 bits per heavy atom. The third-order valence-corrected chi connectivity index (χ3v) is 0. The van der Waals surface area contributed by atoms with Gasteiger partial charge in [-0.05, 0) is 0 Å². The van der Waals surface area contributed by atoms with Gasteiger partial charge in [-0.15, -0.1) is 0 Å². The zero-order valence-electron chi connectivity index (χ0n) is 15.4. The van der Waals surface area contributed by atoms with E-state index < -0.39 is 0 Å². The second kappa shape index (κ2) is 8400. The standard InChI is InChI=1S/10CH4O.2Nb/c10*1-2;;/h10*2H,1H3;;. The van der Waals surface area contributed by atoms with Crippen LogP contribution in [0.4, 0.5) is 0 Å². The Morgan fingerprint density at radius 1 is 0.182 bits per heavy atom. The van der Waals surface area contributed by atoms with Crippen molar-refractivity contribution in [2.45, 2.75) is 0 Å². The molecule has 0 heterocycles. The number of hydrogen-bond acceptors (Lipinski definition) is 10. The minimum absolute atomic E-state index is 0. The minimum atomic E-state index is 0. The zero-order valence-corrected chi connectivity index (χ0v) is 19.8. The van der Waals surface area contributed by atoms with Crippen LogP contribution in [-0.2, 0) is 44.8 Å². The monoisotopic (exact) mass is 506 g/mol. The summed E-state index contributed by atoms with van der Waals surface area (Å²) in [5.41, 5.74) is 0. The van der Waals surface area contributed by atoms with E-state index in [2.05, 4.69) is 0 Å². The second-order valence-electron chi connectivity index (χ2n) is 0. The Balaban J connectivity index is -0.00000000500. The van der Waals surface area contributed by atoms with Gasteiger partial charge in [0.15, 0.2) is 0 Å². The van der Waals surface area contributed by atoms with Gasteiger partial charge in [0.2, 0.25) is 0 Å². The fraction of sp³-hybridized carbons (Fsp3) is 1.00. The molecule has 12 heteroatoms. The Labute approximate surface area is 166 Å². The van der Waals surface area contributed by atoms with E-state index in [-0.39, 0.29) is 44.8 Å². The van der Waals surface area contributed by atoms with Crippen LogP contribution in [0.3, 0.4) is 0 Å². The quantitative estimate of drug-likeness (QED) is 0.145. The van der Waals surface area contributed by atoms with Gasteiger partial charge in [-0.3, -0.25) is 0 Å². The molecule has 0 fully saturated rings. The number of hydrogen-bond donors (Lipinski definition) is 10. The van der Waals surface area contributed by atoms with E-state index in [1.165, 1.54) is 0 Å². The van der Waals surface area contributed by atoms with Gasteiger partial charge in [-0.2, -0.15) is 0 Å². The first kappa shape index (κ1) is 91.7. The normalized spacial score (nSPS) is 2.73. The molecule has 150 valence electrons. The van der Waals surface area contributed by atoms with Crippen LogP contribution in [0, 0.1) is 0 Å². The van der Waals surface area contributed by atoms with Crippen molar-refractivity contribution in [2.24, 2.45) is 0 Å². The molecule has 2 radical (unpaired) electrons. The van der Waals surface area contributed by atoms with E-state index in [0.29, 0.717) is 0 Å². The summed E-state index contributed by atoms with van der Waals surface area (Å²) >= 11 is 0. The first-order valence-corrected chi connectivity index (χ1v) is 4.47. The van der Waals surface area contributed by atoms with Crippen molar-refractivity contribution in [2.75, 3.05) is 71.1 Å². The topological polar surface area (TPSA) is 202 Å². The molecule has 0 amide bonds. The van der Waals surface area contributed by atoms with Crippen molar-refractivity contribution >= 4 is 0 Å². The van der Waals surface area contributed by atoms with E-state index in [1.54, 1.807) is 0 Å². The van der Waals surface area contributed by atoms with Crippen molar-refractivity contribution < 1.29 is 95.8 Å². The fourth-order valence-electron chi connectivity index (χ4n) is 0. The summed E-state index contributed by atoms with van der Waals surface area (Å²) in [5.74, 6) is 0. The van der Waals surface area contributed by atoms with E-state index in [9.17, 15) is 0 Å². The van der Waals surface area contributed by atoms with Crippen LogP contribution in [0.15, 0.2) is 0 Å².